The standard InChI is InChI=1S/C12H13ClFN3O2S2/c13-9-5-8(7-15)12(14)10(6-9)21(18,19)17-2-1-11-16-3-4-20-11/h3-6,17H,1-2,7,15H2. The number of nitrogens with two attached hydrogens (primary N) is 1. The van der Waals surface area contributed by atoms with Crippen LogP contribution in [0.5, 0.6) is 0 Å². The van der Waals surface area contributed by atoms with Crippen molar-refractivity contribution in [1.82, 2.24) is 9.71 Å². The topological polar surface area (TPSA) is 85.1 Å². The molecular formula is C12H13ClFN3O2S2. The second-order valence-electron chi connectivity index (χ2n) is 4.15. The fourth-order valence-electron chi connectivity index (χ4n) is 1.71. The Morgan fingerprint density at radius 1 is 1.43 bits per heavy atom. The van der Waals surface area contributed by atoms with Gasteiger partial charge in [-0.1, -0.05) is 11.6 Å². The molecule has 0 spiro atoms. The second kappa shape index (κ2) is 6.80. The Morgan fingerprint density at radius 3 is 2.81 bits per heavy atom. The molecule has 0 fully saturated rings. The quantitative estimate of drug-likeness (QED) is 0.834. The highest BCUT2D eigenvalue weighted by Crippen LogP contribution is 2.23. The van der Waals surface area contributed by atoms with Gasteiger partial charge in [-0.3, -0.25) is 0 Å². The molecule has 9 heteroatoms. The molecule has 0 aliphatic rings. The smallest absolute Gasteiger partial charge is 0.243 e. The molecule has 5 nitrogen and oxygen atoms in total. The summed E-state index contributed by atoms with van der Waals surface area (Å²) in [5.41, 5.74) is 5.43. The molecule has 0 saturated carbocycles. The molecular weight excluding hydrogens is 337 g/mol. The Morgan fingerprint density at radius 2 is 2.19 bits per heavy atom. The van der Waals surface area contributed by atoms with E-state index in [0.29, 0.717) is 6.42 Å². The van der Waals surface area contributed by atoms with Crippen molar-refractivity contribution in [2.24, 2.45) is 5.73 Å². The maximum absolute atomic E-state index is 14.1. The molecule has 1 heterocycles. The zero-order valence-electron chi connectivity index (χ0n) is 10.8. The predicted molar refractivity (Wildman–Crippen MR) is 80.3 cm³/mol. The first-order chi connectivity index (χ1) is 9.94. The van der Waals surface area contributed by atoms with Gasteiger partial charge in [0.05, 0.1) is 5.01 Å². The Kier molecular flexibility index (Phi) is 5.28. The minimum absolute atomic E-state index is 0.0581. The van der Waals surface area contributed by atoms with E-state index in [1.165, 1.54) is 17.4 Å². The summed E-state index contributed by atoms with van der Waals surface area (Å²) in [6, 6.07) is 2.38. The van der Waals surface area contributed by atoms with Crippen LogP contribution in [0.1, 0.15) is 10.6 Å². The summed E-state index contributed by atoms with van der Waals surface area (Å²) in [4.78, 5) is 3.55. The molecule has 114 valence electrons. The molecule has 2 aromatic rings. The lowest BCUT2D eigenvalue weighted by atomic mass is 10.2. The summed E-state index contributed by atoms with van der Waals surface area (Å²) >= 11 is 7.22. The summed E-state index contributed by atoms with van der Waals surface area (Å²) in [6.45, 7) is -0.00616. The van der Waals surface area contributed by atoms with Crippen molar-refractivity contribution >= 4 is 33.0 Å². The summed E-state index contributed by atoms with van der Waals surface area (Å²) < 4.78 is 40.7. The van der Waals surface area contributed by atoms with Gasteiger partial charge in [0, 0.05) is 41.7 Å². The maximum Gasteiger partial charge on any atom is 0.243 e. The van der Waals surface area contributed by atoms with Crippen LogP contribution in [0.2, 0.25) is 5.02 Å². The Hall–Kier alpha value is -1.06. The van der Waals surface area contributed by atoms with Gasteiger partial charge in [0.25, 0.3) is 0 Å². The van der Waals surface area contributed by atoms with Crippen molar-refractivity contribution in [3.63, 3.8) is 0 Å². The first-order valence-electron chi connectivity index (χ1n) is 6.00. The van der Waals surface area contributed by atoms with E-state index in [1.54, 1.807) is 11.6 Å². The molecule has 0 aliphatic heterocycles. The van der Waals surface area contributed by atoms with E-state index in [1.807, 2.05) is 0 Å². The summed E-state index contributed by atoms with van der Waals surface area (Å²) in [6.07, 6.45) is 2.07. The molecule has 3 N–H and O–H groups in total. The van der Waals surface area contributed by atoms with Crippen LogP contribution in [-0.4, -0.2) is 19.9 Å². The third kappa shape index (κ3) is 3.98. The molecule has 0 aliphatic carbocycles. The van der Waals surface area contributed by atoms with E-state index >= 15 is 0 Å². The minimum Gasteiger partial charge on any atom is -0.326 e. The van der Waals surface area contributed by atoms with E-state index in [2.05, 4.69) is 9.71 Å². The zero-order chi connectivity index (χ0) is 15.5. The average Bonchev–Trinajstić information content (AvgIpc) is 2.93. The van der Waals surface area contributed by atoms with E-state index in [9.17, 15) is 12.8 Å². The predicted octanol–water partition coefficient (Wildman–Crippen LogP) is 1.92. The van der Waals surface area contributed by atoms with Crippen LogP contribution in [0, 0.1) is 5.82 Å². The van der Waals surface area contributed by atoms with Crippen LogP contribution in [0.3, 0.4) is 0 Å². The number of hydrogen-bond acceptors (Lipinski definition) is 5. The van der Waals surface area contributed by atoms with Crippen molar-refractivity contribution in [1.29, 1.82) is 0 Å². The molecule has 1 aromatic carbocycles. The van der Waals surface area contributed by atoms with Crippen molar-refractivity contribution in [3.05, 3.63) is 45.1 Å². The van der Waals surface area contributed by atoms with E-state index in [0.717, 1.165) is 11.1 Å². The Labute approximate surface area is 131 Å². The third-order valence-corrected chi connectivity index (χ3v) is 5.22. The zero-order valence-corrected chi connectivity index (χ0v) is 13.2. The summed E-state index contributed by atoms with van der Waals surface area (Å²) in [7, 11) is -3.99. The van der Waals surface area contributed by atoms with Crippen LogP contribution < -0.4 is 10.5 Å². The third-order valence-electron chi connectivity index (χ3n) is 2.70. The van der Waals surface area contributed by atoms with Gasteiger partial charge in [0.2, 0.25) is 10.0 Å². The average molecular weight is 350 g/mol. The van der Waals surface area contributed by atoms with Gasteiger partial charge in [0.15, 0.2) is 0 Å². The fraction of sp³-hybridized carbons (Fsp3) is 0.250. The highest BCUT2D eigenvalue weighted by atomic mass is 35.5. The molecule has 0 radical (unpaired) electrons. The number of sulfonamides is 1. The fourth-order valence-corrected chi connectivity index (χ4v) is 3.81. The number of nitrogens with one attached hydrogen (secondary N) is 1. The monoisotopic (exact) mass is 349 g/mol. The van der Waals surface area contributed by atoms with Gasteiger partial charge in [0.1, 0.15) is 10.7 Å². The van der Waals surface area contributed by atoms with Crippen molar-refractivity contribution in [2.75, 3.05) is 6.54 Å². The van der Waals surface area contributed by atoms with Gasteiger partial charge in [-0.15, -0.1) is 11.3 Å². The summed E-state index contributed by atoms with van der Waals surface area (Å²) in [5.74, 6) is -0.872. The number of hydrogen-bond donors (Lipinski definition) is 2. The van der Waals surface area contributed by atoms with E-state index in [4.69, 9.17) is 17.3 Å². The first kappa shape index (κ1) is 16.3. The lowest BCUT2D eigenvalue weighted by molar-refractivity contribution is 0.550. The van der Waals surface area contributed by atoms with Crippen LogP contribution in [0.25, 0.3) is 0 Å². The largest absolute Gasteiger partial charge is 0.326 e. The Bertz CT molecular complexity index is 720. The highest BCUT2D eigenvalue weighted by Gasteiger charge is 2.21. The molecule has 0 bridgehead atoms. The van der Waals surface area contributed by atoms with Crippen LogP contribution in [0.15, 0.2) is 28.6 Å². The maximum atomic E-state index is 14.1. The molecule has 0 saturated heterocycles. The van der Waals surface area contributed by atoms with Crippen molar-refractivity contribution in [3.8, 4) is 0 Å². The van der Waals surface area contributed by atoms with Gasteiger partial charge in [-0.25, -0.2) is 22.5 Å². The Balaban J connectivity index is 2.17. The molecule has 2 rings (SSSR count). The van der Waals surface area contributed by atoms with Crippen molar-refractivity contribution < 1.29 is 12.8 Å². The van der Waals surface area contributed by atoms with E-state index < -0.39 is 20.7 Å². The molecule has 0 atom stereocenters. The van der Waals surface area contributed by atoms with E-state index in [-0.39, 0.29) is 23.7 Å². The lowest BCUT2D eigenvalue weighted by Gasteiger charge is -2.10. The molecule has 0 amide bonds. The summed E-state index contributed by atoms with van der Waals surface area (Å²) in [5, 5.41) is 2.72. The molecule has 21 heavy (non-hydrogen) atoms. The van der Waals surface area contributed by atoms with Crippen LogP contribution in [-0.2, 0) is 23.0 Å². The van der Waals surface area contributed by atoms with Gasteiger partial charge >= 0.3 is 0 Å². The van der Waals surface area contributed by atoms with Crippen LogP contribution in [0.4, 0.5) is 4.39 Å². The normalized spacial score (nSPS) is 11.8. The molecule has 1 aromatic heterocycles. The lowest BCUT2D eigenvalue weighted by Crippen LogP contribution is -2.27. The van der Waals surface area contributed by atoms with Crippen LogP contribution >= 0.6 is 22.9 Å². The number of nitrogens with zero attached hydrogens (tertiary/aromatic N) is 1. The van der Waals surface area contributed by atoms with Gasteiger partial charge < -0.3 is 5.73 Å². The number of halogens is 2. The first-order valence-corrected chi connectivity index (χ1v) is 8.74. The number of rotatable bonds is 6. The second-order valence-corrected chi connectivity index (χ2v) is 7.31. The van der Waals surface area contributed by atoms with Gasteiger partial charge in [-0.2, -0.15) is 0 Å². The van der Waals surface area contributed by atoms with Gasteiger partial charge in [-0.05, 0) is 12.1 Å². The minimum atomic E-state index is -3.99. The number of aromatic nitrogens is 1. The molecule has 0 unspecified atom stereocenters. The number of benzene rings is 1. The van der Waals surface area contributed by atoms with Crippen molar-refractivity contribution in [2.45, 2.75) is 17.9 Å². The highest BCUT2D eigenvalue weighted by molar-refractivity contribution is 7.89. The SMILES string of the molecule is NCc1cc(Cl)cc(S(=O)(=O)NCCc2nccs2)c1F. The number of thiazole rings is 1.